The lowest BCUT2D eigenvalue weighted by molar-refractivity contribution is 0.0434. The van der Waals surface area contributed by atoms with Crippen molar-refractivity contribution in [3.05, 3.63) is 29.8 Å². The molecule has 0 radical (unpaired) electrons. The highest BCUT2D eigenvalue weighted by Crippen LogP contribution is 2.23. The number of likely N-dealkylation sites (tertiary alicyclic amines) is 2. The maximum atomic E-state index is 12.2. The number of urea groups is 1. The summed E-state index contributed by atoms with van der Waals surface area (Å²) in [6, 6.07) is 8.08. The van der Waals surface area contributed by atoms with Gasteiger partial charge in [-0.05, 0) is 43.4 Å². The summed E-state index contributed by atoms with van der Waals surface area (Å²) in [6.07, 6.45) is 3.26. The molecule has 0 saturated carbocycles. The Kier molecular flexibility index (Phi) is 6.74. The Bertz CT molecular complexity index is 589. The third-order valence-electron chi connectivity index (χ3n) is 5.35. The van der Waals surface area contributed by atoms with E-state index in [1.165, 1.54) is 5.56 Å². The van der Waals surface area contributed by atoms with E-state index in [1.54, 1.807) is 4.90 Å². The molecule has 0 aromatic heterocycles. The molecule has 2 aliphatic heterocycles. The number of nitrogens with one attached hydrogen (secondary N) is 1. The highest BCUT2D eigenvalue weighted by molar-refractivity contribution is 5.75. The first-order valence-electron chi connectivity index (χ1n) is 9.80. The summed E-state index contributed by atoms with van der Waals surface area (Å²) < 4.78 is 6.02. The highest BCUT2D eigenvalue weighted by atomic mass is 16.5. The van der Waals surface area contributed by atoms with Crippen molar-refractivity contribution in [1.82, 2.24) is 15.1 Å². The van der Waals surface area contributed by atoms with Crippen LogP contribution >= 0.6 is 0 Å². The minimum absolute atomic E-state index is 0.00987. The predicted octanol–water partition coefficient (Wildman–Crippen LogP) is 1.73. The van der Waals surface area contributed by atoms with Crippen molar-refractivity contribution >= 4 is 6.03 Å². The zero-order chi connectivity index (χ0) is 18.4. The fourth-order valence-electron chi connectivity index (χ4n) is 3.71. The number of piperidine rings is 1. The molecule has 0 bridgehead atoms. The quantitative estimate of drug-likeness (QED) is 0.776. The molecule has 2 aliphatic rings. The van der Waals surface area contributed by atoms with Gasteiger partial charge in [0.2, 0.25) is 0 Å². The van der Waals surface area contributed by atoms with Crippen LogP contribution in [0.4, 0.5) is 4.79 Å². The van der Waals surface area contributed by atoms with Crippen LogP contribution in [0.5, 0.6) is 5.75 Å². The number of hydrogen-bond donors (Lipinski definition) is 2. The fourth-order valence-corrected chi connectivity index (χ4v) is 3.71. The lowest BCUT2D eigenvalue weighted by Gasteiger charge is -2.39. The zero-order valence-corrected chi connectivity index (χ0v) is 15.7. The number of nitrogens with zero attached hydrogens (tertiary/aromatic N) is 2. The fraction of sp³-hybridized carbons (Fsp3) is 0.650. The lowest BCUT2D eigenvalue weighted by Crippen LogP contribution is -2.59. The van der Waals surface area contributed by atoms with E-state index in [0.717, 1.165) is 44.6 Å². The van der Waals surface area contributed by atoms with Gasteiger partial charge in [0.05, 0.1) is 13.1 Å². The highest BCUT2D eigenvalue weighted by Gasteiger charge is 2.32. The number of carbonyl (C=O) groups is 1. The van der Waals surface area contributed by atoms with Gasteiger partial charge >= 0.3 is 6.03 Å². The van der Waals surface area contributed by atoms with Gasteiger partial charge in [-0.1, -0.05) is 25.1 Å². The Morgan fingerprint density at radius 1 is 1.31 bits per heavy atom. The van der Waals surface area contributed by atoms with Crippen LogP contribution in [-0.4, -0.2) is 72.9 Å². The zero-order valence-electron chi connectivity index (χ0n) is 15.7. The van der Waals surface area contributed by atoms with E-state index in [0.29, 0.717) is 25.6 Å². The molecule has 3 rings (SSSR count). The van der Waals surface area contributed by atoms with Gasteiger partial charge in [-0.2, -0.15) is 0 Å². The normalized spacial score (nSPS) is 21.3. The van der Waals surface area contributed by atoms with Gasteiger partial charge in [-0.15, -0.1) is 0 Å². The maximum absolute atomic E-state index is 12.2. The first-order valence-corrected chi connectivity index (χ1v) is 9.80. The minimum atomic E-state index is -0.00987. The molecule has 2 amide bonds. The van der Waals surface area contributed by atoms with E-state index in [2.05, 4.69) is 23.2 Å². The number of aliphatic hydroxyl groups excluding tert-OH is 1. The largest absolute Gasteiger partial charge is 0.486 e. The van der Waals surface area contributed by atoms with Crippen molar-refractivity contribution in [3.63, 3.8) is 0 Å². The average molecular weight is 361 g/mol. The molecule has 2 N–H and O–H groups in total. The lowest BCUT2D eigenvalue weighted by atomic mass is 9.99. The summed E-state index contributed by atoms with van der Waals surface area (Å²) in [5, 5.41) is 12.3. The van der Waals surface area contributed by atoms with Crippen LogP contribution < -0.4 is 10.1 Å². The van der Waals surface area contributed by atoms with E-state index in [-0.39, 0.29) is 18.7 Å². The second kappa shape index (κ2) is 9.24. The van der Waals surface area contributed by atoms with E-state index in [4.69, 9.17) is 4.74 Å². The molecule has 6 nitrogen and oxygen atoms in total. The van der Waals surface area contributed by atoms with E-state index < -0.39 is 0 Å². The van der Waals surface area contributed by atoms with Gasteiger partial charge in [0.15, 0.2) is 0 Å². The van der Waals surface area contributed by atoms with Crippen LogP contribution in [0.1, 0.15) is 25.3 Å². The second-order valence-electron chi connectivity index (χ2n) is 7.33. The van der Waals surface area contributed by atoms with Crippen LogP contribution in [0.25, 0.3) is 0 Å². The molecule has 1 aromatic carbocycles. The number of hydrogen-bond acceptors (Lipinski definition) is 4. The maximum Gasteiger partial charge on any atom is 0.317 e. The SMILES string of the molecule is CCc1ccccc1OC1CN(C(=O)NCCN2CCC[C@H](CO)C2)C1. The Morgan fingerprint density at radius 2 is 2.12 bits per heavy atom. The molecule has 2 saturated heterocycles. The van der Waals surface area contributed by atoms with Gasteiger partial charge in [-0.25, -0.2) is 4.79 Å². The number of ether oxygens (including phenoxy) is 1. The van der Waals surface area contributed by atoms with Crippen molar-refractivity contribution in [2.24, 2.45) is 5.92 Å². The van der Waals surface area contributed by atoms with Gasteiger partial charge < -0.3 is 25.0 Å². The number of amides is 2. The summed E-state index contributed by atoms with van der Waals surface area (Å²) in [5.74, 6) is 1.32. The van der Waals surface area contributed by atoms with Crippen LogP contribution in [-0.2, 0) is 6.42 Å². The number of aliphatic hydroxyl groups is 1. The Hall–Kier alpha value is -1.79. The summed E-state index contributed by atoms with van der Waals surface area (Å²) >= 11 is 0. The van der Waals surface area contributed by atoms with Crippen molar-refractivity contribution in [2.75, 3.05) is 45.9 Å². The van der Waals surface area contributed by atoms with E-state index in [1.807, 2.05) is 18.2 Å². The van der Waals surface area contributed by atoms with Crippen LogP contribution in [0.15, 0.2) is 24.3 Å². The van der Waals surface area contributed by atoms with E-state index in [9.17, 15) is 9.90 Å². The number of para-hydroxylation sites is 1. The standard InChI is InChI=1S/C20H31N3O3/c1-2-17-7-3-4-8-19(17)26-18-13-23(14-18)20(25)21-9-11-22-10-5-6-16(12-22)15-24/h3-4,7-8,16,18,24H,2,5-6,9-15H2,1H3,(H,21,25)/t16-/m0/s1. The molecular weight excluding hydrogens is 330 g/mol. The monoisotopic (exact) mass is 361 g/mol. The third kappa shape index (κ3) is 4.89. The Balaban J connectivity index is 1.33. The third-order valence-corrected chi connectivity index (χ3v) is 5.35. The summed E-state index contributed by atoms with van der Waals surface area (Å²) in [7, 11) is 0. The molecule has 2 fully saturated rings. The number of aryl methyl sites for hydroxylation is 1. The molecule has 0 unspecified atom stereocenters. The number of carbonyl (C=O) groups excluding carboxylic acids is 1. The van der Waals surface area contributed by atoms with Crippen molar-refractivity contribution in [1.29, 1.82) is 0 Å². The van der Waals surface area contributed by atoms with Crippen LogP contribution in [0.2, 0.25) is 0 Å². The molecule has 26 heavy (non-hydrogen) atoms. The Labute approximate surface area is 156 Å². The Morgan fingerprint density at radius 3 is 2.88 bits per heavy atom. The molecule has 2 heterocycles. The van der Waals surface area contributed by atoms with E-state index >= 15 is 0 Å². The van der Waals surface area contributed by atoms with Gasteiger partial charge in [-0.3, -0.25) is 0 Å². The van der Waals surface area contributed by atoms with Crippen LogP contribution in [0.3, 0.4) is 0 Å². The molecule has 0 aliphatic carbocycles. The molecule has 1 atom stereocenters. The molecule has 144 valence electrons. The van der Waals surface area contributed by atoms with Gasteiger partial charge in [0.1, 0.15) is 11.9 Å². The molecule has 1 aromatic rings. The summed E-state index contributed by atoms with van der Waals surface area (Å²) in [6.45, 7) is 7.15. The van der Waals surface area contributed by atoms with Crippen LogP contribution in [0, 0.1) is 5.92 Å². The van der Waals surface area contributed by atoms with Crippen molar-refractivity contribution < 1.29 is 14.6 Å². The predicted molar refractivity (Wildman–Crippen MR) is 101 cm³/mol. The van der Waals surface area contributed by atoms with Gasteiger partial charge in [0.25, 0.3) is 0 Å². The van der Waals surface area contributed by atoms with Crippen molar-refractivity contribution in [2.45, 2.75) is 32.3 Å². The smallest absolute Gasteiger partial charge is 0.317 e. The average Bonchev–Trinajstić information content (AvgIpc) is 2.64. The molecule has 6 heteroatoms. The molecular formula is C20H31N3O3. The number of benzene rings is 1. The molecule has 0 spiro atoms. The topological polar surface area (TPSA) is 65.0 Å². The minimum Gasteiger partial charge on any atom is -0.486 e. The first kappa shape index (κ1) is 19.0. The second-order valence-corrected chi connectivity index (χ2v) is 7.33. The number of rotatable bonds is 7. The van der Waals surface area contributed by atoms with Crippen molar-refractivity contribution in [3.8, 4) is 5.75 Å². The first-order chi connectivity index (χ1) is 12.7. The summed E-state index contributed by atoms with van der Waals surface area (Å²) in [5.41, 5.74) is 1.21. The summed E-state index contributed by atoms with van der Waals surface area (Å²) in [4.78, 5) is 16.3. The van der Waals surface area contributed by atoms with Gasteiger partial charge in [0, 0.05) is 26.2 Å².